The van der Waals surface area contributed by atoms with E-state index in [9.17, 15) is 0 Å². The van der Waals surface area contributed by atoms with Gasteiger partial charge < -0.3 is 0 Å². The van der Waals surface area contributed by atoms with Crippen molar-refractivity contribution in [1.29, 1.82) is 0 Å². The van der Waals surface area contributed by atoms with Gasteiger partial charge in [0.05, 0.1) is 0 Å². The first-order chi connectivity index (χ1) is 2.56. The van der Waals surface area contributed by atoms with Crippen LogP contribution < -0.4 is 0 Å². The molecule has 0 aromatic heterocycles. The van der Waals surface area contributed by atoms with Crippen molar-refractivity contribution >= 4 is 0 Å². The van der Waals surface area contributed by atoms with Gasteiger partial charge in [-0.05, 0) is 18.8 Å². The van der Waals surface area contributed by atoms with Crippen LogP contribution in [0.3, 0.4) is 0 Å². The lowest BCUT2D eigenvalue weighted by Crippen LogP contribution is -2.00. The summed E-state index contributed by atoms with van der Waals surface area (Å²) in [6.45, 7) is 13.0. The van der Waals surface area contributed by atoms with Crippen molar-refractivity contribution in [1.82, 2.24) is 0 Å². The maximum Gasteiger partial charge on any atom is -0.00880 e. The molecular weight excluding hydrogens is 72.1 g/mol. The van der Waals surface area contributed by atoms with E-state index < -0.39 is 0 Å². The molecule has 0 nitrogen and oxygen atoms in total. The van der Waals surface area contributed by atoms with E-state index in [1.54, 1.807) is 0 Å². The standard InChI is InChI=1S/C6H11/c1-5-6(2,3)4/h5H2,2-4H3. The minimum absolute atomic E-state index is 0.208. The fraction of sp³-hybridized carbons (Fsp3) is 0.833. The van der Waals surface area contributed by atoms with E-state index in [1.165, 1.54) is 0 Å². The van der Waals surface area contributed by atoms with E-state index in [0.29, 0.717) is 6.42 Å². The monoisotopic (exact) mass is 83.1 g/mol. The van der Waals surface area contributed by atoms with E-state index in [1.807, 2.05) is 0 Å². The Morgan fingerprint density at radius 3 is 1.50 bits per heavy atom. The summed E-state index contributed by atoms with van der Waals surface area (Å²) in [5, 5.41) is 0. The van der Waals surface area contributed by atoms with Gasteiger partial charge in [0.25, 0.3) is 0 Å². The summed E-state index contributed by atoms with van der Waals surface area (Å²) in [6, 6.07) is 0. The van der Waals surface area contributed by atoms with Crippen molar-refractivity contribution in [2.24, 2.45) is 5.41 Å². The zero-order chi connectivity index (χ0) is 5.21. The first kappa shape index (κ1) is 6.00. The number of hydrogen-bond donors (Lipinski definition) is 0. The topological polar surface area (TPSA) is 0 Å². The van der Waals surface area contributed by atoms with Gasteiger partial charge in [0, 0.05) is 0 Å². The van der Waals surface area contributed by atoms with Gasteiger partial charge in [-0.15, -0.1) is 0 Å². The van der Waals surface area contributed by atoms with Crippen molar-refractivity contribution in [3.05, 3.63) is 6.92 Å². The molecule has 0 rings (SSSR count). The second kappa shape index (κ2) is 1.63. The molecule has 0 aliphatic heterocycles. The van der Waals surface area contributed by atoms with Crippen LogP contribution >= 0.6 is 0 Å². The van der Waals surface area contributed by atoms with Crippen LogP contribution in [0, 0.1) is 12.3 Å². The van der Waals surface area contributed by atoms with E-state index >= 15 is 0 Å². The van der Waals surface area contributed by atoms with E-state index in [2.05, 4.69) is 20.8 Å². The lowest BCUT2D eigenvalue weighted by molar-refractivity contribution is 0.419. The molecule has 0 atom stereocenters. The van der Waals surface area contributed by atoms with Gasteiger partial charge >= 0.3 is 0 Å². The van der Waals surface area contributed by atoms with Crippen LogP contribution in [0.1, 0.15) is 27.2 Å². The van der Waals surface area contributed by atoms with Gasteiger partial charge in [-0.1, -0.05) is 20.8 Å². The molecule has 0 aromatic carbocycles. The Morgan fingerprint density at radius 1 is 1.33 bits per heavy atom. The molecule has 0 aliphatic carbocycles. The summed E-state index contributed by atoms with van der Waals surface area (Å²) in [5.74, 6) is 0. The lowest BCUT2D eigenvalue weighted by Gasteiger charge is -2.12. The van der Waals surface area contributed by atoms with Crippen molar-refractivity contribution in [2.45, 2.75) is 27.2 Å². The van der Waals surface area contributed by atoms with Crippen LogP contribution in [-0.2, 0) is 0 Å². The molecule has 0 bridgehead atoms. The first-order valence-corrected chi connectivity index (χ1v) is 2.21. The van der Waals surface area contributed by atoms with Gasteiger partial charge in [0.1, 0.15) is 0 Å². The smallest absolute Gasteiger partial charge is 0.00880 e. The molecule has 0 spiro atoms. The van der Waals surface area contributed by atoms with Gasteiger partial charge in [-0.3, -0.25) is 0 Å². The van der Waals surface area contributed by atoms with Gasteiger partial charge in [-0.2, -0.15) is 0 Å². The maximum absolute atomic E-state index is 6.85. The molecule has 0 heteroatoms. The van der Waals surface area contributed by atoms with Crippen LogP contribution in [0.15, 0.2) is 0 Å². The molecule has 0 unspecified atom stereocenters. The first-order valence-electron chi connectivity index (χ1n) is 2.21. The molecule has 0 heterocycles. The van der Waals surface area contributed by atoms with Crippen LogP contribution in [-0.4, -0.2) is 0 Å². The molecule has 0 fully saturated rings. The second-order valence-electron chi connectivity index (χ2n) is 2.74. The second-order valence-corrected chi connectivity index (χ2v) is 2.74. The van der Waals surface area contributed by atoms with Gasteiger partial charge in [-0.25, -0.2) is 0 Å². The Balaban J connectivity index is 3.17. The zero-order valence-electron chi connectivity index (χ0n) is 4.71. The summed E-state index contributed by atoms with van der Waals surface area (Å²) >= 11 is 0. The molecule has 3 radical (unpaired) electrons. The van der Waals surface area contributed by atoms with E-state index in [0.717, 1.165) is 0 Å². The van der Waals surface area contributed by atoms with E-state index in [-0.39, 0.29) is 5.41 Å². The normalized spacial score (nSPS) is 12.0. The minimum Gasteiger partial charge on any atom is -0.0602 e. The van der Waals surface area contributed by atoms with Crippen LogP contribution in [0.5, 0.6) is 0 Å². The summed E-state index contributed by atoms with van der Waals surface area (Å²) in [7, 11) is 0. The molecule has 6 heavy (non-hydrogen) atoms. The third-order valence-electron chi connectivity index (χ3n) is 0.530. The van der Waals surface area contributed by atoms with Crippen molar-refractivity contribution < 1.29 is 0 Å². The average molecular weight is 83.2 g/mol. The summed E-state index contributed by atoms with van der Waals surface area (Å²) in [4.78, 5) is 0. The third-order valence-corrected chi connectivity index (χ3v) is 0.530. The fourth-order valence-corrected chi connectivity index (χ4v) is 0. The molecule has 35 valence electrons. The SMILES string of the molecule is [C]CC(C)(C)C. The summed E-state index contributed by atoms with van der Waals surface area (Å²) < 4.78 is 0. The van der Waals surface area contributed by atoms with Crippen molar-refractivity contribution in [2.75, 3.05) is 0 Å². The molecule has 0 saturated carbocycles. The predicted octanol–water partition coefficient (Wildman–Crippen LogP) is 2.01. The molecule has 0 aliphatic rings. The van der Waals surface area contributed by atoms with Crippen LogP contribution in [0.4, 0.5) is 0 Å². The lowest BCUT2D eigenvalue weighted by atomic mass is 9.94. The summed E-state index contributed by atoms with van der Waals surface area (Å²) in [5.41, 5.74) is 0.208. The Labute approximate surface area is 40.6 Å². The molecule has 0 aromatic rings. The molecule has 0 N–H and O–H groups in total. The molecule has 0 saturated heterocycles. The minimum atomic E-state index is 0.208. The predicted molar refractivity (Wildman–Crippen MR) is 27.3 cm³/mol. The Bertz CT molecular complexity index is 29.8. The maximum atomic E-state index is 6.85. The van der Waals surface area contributed by atoms with Gasteiger partial charge in [0.15, 0.2) is 0 Å². The highest BCUT2D eigenvalue weighted by molar-refractivity contribution is 4.60. The third kappa shape index (κ3) is 4.00. The number of hydrogen-bond acceptors (Lipinski definition) is 0. The average Bonchev–Trinajstić information content (AvgIpc) is 1.35. The Morgan fingerprint density at radius 2 is 1.50 bits per heavy atom. The molecular formula is C6H11. The largest absolute Gasteiger partial charge is 0.0602 e. The Kier molecular flexibility index (Phi) is 1.63. The van der Waals surface area contributed by atoms with Crippen molar-refractivity contribution in [3.8, 4) is 0 Å². The van der Waals surface area contributed by atoms with Gasteiger partial charge in [0.2, 0.25) is 0 Å². The number of rotatable bonds is 0. The quantitative estimate of drug-likeness (QED) is 0.420. The van der Waals surface area contributed by atoms with E-state index in [4.69, 9.17) is 6.92 Å². The highest BCUT2D eigenvalue weighted by atomic mass is 14.1. The highest BCUT2D eigenvalue weighted by Gasteiger charge is 2.03. The fourth-order valence-electron chi connectivity index (χ4n) is 0. The van der Waals surface area contributed by atoms with Crippen LogP contribution in [0.2, 0.25) is 0 Å². The van der Waals surface area contributed by atoms with Crippen molar-refractivity contribution in [3.63, 3.8) is 0 Å². The molecule has 0 amide bonds. The highest BCUT2D eigenvalue weighted by Crippen LogP contribution is 2.15. The summed E-state index contributed by atoms with van der Waals surface area (Å²) in [6.07, 6.45) is 0.521. The zero-order valence-corrected chi connectivity index (χ0v) is 4.71. The Hall–Kier alpha value is 0. The van der Waals surface area contributed by atoms with Crippen LogP contribution in [0.25, 0.3) is 0 Å².